The van der Waals surface area contributed by atoms with Gasteiger partial charge in [0.15, 0.2) is 0 Å². The van der Waals surface area contributed by atoms with Crippen molar-refractivity contribution in [2.24, 2.45) is 0 Å². The number of nitrogens with zero attached hydrogens (tertiary/aromatic N) is 2. The average Bonchev–Trinajstić information content (AvgIpc) is 2.62. The minimum atomic E-state index is -0.0103. The van der Waals surface area contributed by atoms with E-state index in [1.807, 2.05) is 26.0 Å². The van der Waals surface area contributed by atoms with Gasteiger partial charge in [-0.15, -0.1) is 0 Å². The van der Waals surface area contributed by atoms with Crippen LogP contribution in [0.25, 0.3) is 11.3 Å². The van der Waals surface area contributed by atoms with Gasteiger partial charge in [0.2, 0.25) is 0 Å². The normalized spacial score (nSPS) is 10.9. The Bertz CT molecular complexity index is 496. The third-order valence-corrected chi connectivity index (χ3v) is 2.24. The zero-order valence-electron chi connectivity index (χ0n) is 8.77. The molecule has 4 nitrogen and oxygen atoms in total. The minimum absolute atomic E-state index is 0.0103. The van der Waals surface area contributed by atoms with Crippen molar-refractivity contribution in [2.45, 2.75) is 19.9 Å². The molecule has 0 atom stereocenters. The van der Waals surface area contributed by atoms with Crippen LogP contribution in [-0.2, 0) is 0 Å². The molecule has 0 amide bonds. The average molecular weight is 203 g/mol. The molecule has 78 valence electrons. The monoisotopic (exact) mass is 203 g/mol. The highest BCUT2D eigenvalue weighted by Crippen LogP contribution is 2.13. The van der Waals surface area contributed by atoms with Gasteiger partial charge < -0.3 is 0 Å². The van der Waals surface area contributed by atoms with E-state index in [2.05, 4.69) is 10.1 Å². The van der Waals surface area contributed by atoms with Crippen molar-refractivity contribution in [2.75, 3.05) is 0 Å². The smallest absolute Gasteiger partial charge is 0.267 e. The summed E-state index contributed by atoms with van der Waals surface area (Å²) in [5, 5.41) is 3.06. The Kier molecular flexibility index (Phi) is 2.41. The van der Waals surface area contributed by atoms with E-state index in [0.29, 0.717) is 0 Å². The van der Waals surface area contributed by atoms with Crippen molar-refractivity contribution < 1.29 is 0 Å². The van der Waals surface area contributed by atoms with Crippen molar-refractivity contribution in [1.82, 2.24) is 14.8 Å². The van der Waals surface area contributed by atoms with Gasteiger partial charge in [-0.3, -0.25) is 19.6 Å². The summed E-state index contributed by atoms with van der Waals surface area (Å²) in [4.78, 5) is 15.6. The van der Waals surface area contributed by atoms with Gasteiger partial charge in [0.25, 0.3) is 5.56 Å². The molecule has 4 heteroatoms. The first-order valence-corrected chi connectivity index (χ1v) is 4.90. The predicted molar refractivity (Wildman–Crippen MR) is 58.7 cm³/mol. The van der Waals surface area contributed by atoms with Crippen LogP contribution in [-0.4, -0.2) is 14.8 Å². The SMILES string of the molecule is CC(C)n1[nH]c(-c2cccnc2)cc1=O. The van der Waals surface area contributed by atoms with Gasteiger partial charge in [-0.2, -0.15) is 0 Å². The van der Waals surface area contributed by atoms with Crippen LogP contribution in [0.4, 0.5) is 0 Å². The van der Waals surface area contributed by atoms with Crippen molar-refractivity contribution in [3.63, 3.8) is 0 Å². The highest BCUT2D eigenvalue weighted by Gasteiger charge is 2.06. The number of hydrogen-bond donors (Lipinski definition) is 1. The van der Waals surface area contributed by atoms with Crippen molar-refractivity contribution in [1.29, 1.82) is 0 Å². The van der Waals surface area contributed by atoms with E-state index in [1.54, 1.807) is 23.1 Å². The van der Waals surface area contributed by atoms with Gasteiger partial charge in [-0.05, 0) is 26.0 Å². The molecule has 15 heavy (non-hydrogen) atoms. The maximum Gasteiger partial charge on any atom is 0.267 e. The summed E-state index contributed by atoms with van der Waals surface area (Å²) < 4.78 is 1.60. The number of aromatic nitrogens is 3. The molecule has 1 N–H and O–H groups in total. The summed E-state index contributed by atoms with van der Waals surface area (Å²) in [6.45, 7) is 3.93. The first-order valence-electron chi connectivity index (χ1n) is 4.90. The standard InChI is InChI=1S/C11H13N3O/c1-8(2)14-11(15)6-10(13-14)9-4-3-5-12-7-9/h3-8,13H,1-2H3. The number of pyridine rings is 1. The lowest BCUT2D eigenvalue weighted by molar-refractivity contribution is 0.518. The molecule has 0 fully saturated rings. The highest BCUT2D eigenvalue weighted by atomic mass is 16.1. The lowest BCUT2D eigenvalue weighted by Gasteiger charge is -2.04. The van der Waals surface area contributed by atoms with Crippen molar-refractivity contribution >= 4 is 0 Å². The Morgan fingerprint density at radius 2 is 2.27 bits per heavy atom. The number of nitrogens with one attached hydrogen (secondary N) is 1. The summed E-state index contributed by atoms with van der Waals surface area (Å²) >= 11 is 0. The van der Waals surface area contributed by atoms with E-state index in [0.717, 1.165) is 11.3 Å². The number of rotatable bonds is 2. The summed E-state index contributed by atoms with van der Waals surface area (Å²) in [6, 6.07) is 5.50. The summed E-state index contributed by atoms with van der Waals surface area (Å²) in [7, 11) is 0. The van der Waals surface area contributed by atoms with Crippen LogP contribution in [0.3, 0.4) is 0 Å². The summed E-state index contributed by atoms with van der Waals surface area (Å²) in [5.41, 5.74) is 1.72. The first-order chi connectivity index (χ1) is 7.18. The van der Waals surface area contributed by atoms with Crippen LogP contribution in [0.5, 0.6) is 0 Å². The Balaban J connectivity index is 2.48. The molecule has 2 heterocycles. The number of hydrogen-bond acceptors (Lipinski definition) is 2. The fourth-order valence-corrected chi connectivity index (χ4v) is 1.46. The molecule has 0 saturated carbocycles. The third kappa shape index (κ3) is 1.83. The summed E-state index contributed by atoms with van der Waals surface area (Å²) in [6.07, 6.45) is 3.44. The van der Waals surface area contributed by atoms with Gasteiger partial charge in [0.05, 0.1) is 5.69 Å². The second-order valence-corrected chi connectivity index (χ2v) is 3.71. The zero-order valence-corrected chi connectivity index (χ0v) is 8.77. The Hall–Kier alpha value is -1.84. The predicted octanol–water partition coefficient (Wildman–Crippen LogP) is 1.82. The van der Waals surface area contributed by atoms with Crippen LogP contribution in [0.2, 0.25) is 0 Å². The van der Waals surface area contributed by atoms with Gasteiger partial charge in [0, 0.05) is 30.1 Å². The largest absolute Gasteiger partial charge is 0.295 e. The molecular weight excluding hydrogens is 190 g/mol. The van der Waals surface area contributed by atoms with Crippen molar-refractivity contribution in [3.8, 4) is 11.3 Å². The molecule has 0 unspecified atom stereocenters. The maximum absolute atomic E-state index is 11.6. The molecule has 0 saturated heterocycles. The second kappa shape index (κ2) is 3.73. The topological polar surface area (TPSA) is 50.7 Å². The second-order valence-electron chi connectivity index (χ2n) is 3.71. The van der Waals surface area contributed by atoms with E-state index in [4.69, 9.17) is 0 Å². The fourth-order valence-electron chi connectivity index (χ4n) is 1.46. The zero-order chi connectivity index (χ0) is 10.8. The van der Waals surface area contributed by atoms with Crippen LogP contribution in [0, 0.1) is 0 Å². The van der Waals surface area contributed by atoms with Crippen LogP contribution in [0.1, 0.15) is 19.9 Å². The molecule has 0 aliphatic carbocycles. The first kappa shape index (κ1) is 9.71. The Morgan fingerprint density at radius 1 is 1.47 bits per heavy atom. The molecule has 0 radical (unpaired) electrons. The summed E-state index contributed by atoms with van der Waals surface area (Å²) in [5.74, 6) is 0. The van der Waals surface area contributed by atoms with E-state index >= 15 is 0 Å². The molecule has 0 spiro atoms. The molecule has 0 aliphatic rings. The van der Waals surface area contributed by atoms with E-state index < -0.39 is 0 Å². The van der Waals surface area contributed by atoms with Gasteiger partial charge in [0.1, 0.15) is 0 Å². The van der Waals surface area contributed by atoms with Gasteiger partial charge in [-0.25, -0.2) is 0 Å². The van der Waals surface area contributed by atoms with Crippen LogP contribution < -0.4 is 5.56 Å². The Labute approximate surface area is 87.6 Å². The highest BCUT2D eigenvalue weighted by molar-refractivity contribution is 5.56. The Morgan fingerprint density at radius 3 is 2.80 bits per heavy atom. The third-order valence-electron chi connectivity index (χ3n) is 2.24. The molecule has 2 aromatic heterocycles. The van der Waals surface area contributed by atoms with E-state index in [9.17, 15) is 4.79 Å². The number of H-pyrrole nitrogens is 1. The molecule has 0 aliphatic heterocycles. The quantitative estimate of drug-likeness (QED) is 0.809. The molecular formula is C11H13N3O. The fraction of sp³-hybridized carbons (Fsp3) is 0.273. The van der Waals surface area contributed by atoms with Crippen molar-refractivity contribution in [3.05, 3.63) is 40.9 Å². The van der Waals surface area contributed by atoms with Crippen LogP contribution in [0.15, 0.2) is 35.4 Å². The van der Waals surface area contributed by atoms with E-state index in [-0.39, 0.29) is 11.6 Å². The minimum Gasteiger partial charge on any atom is -0.295 e. The molecule has 0 aromatic carbocycles. The molecule has 2 rings (SSSR count). The van der Waals surface area contributed by atoms with Gasteiger partial charge >= 0.3 is 0 Å². The lowest BCUT2D eigenvalue weighted by Crippen LogP contribution is -2.17. The molecule has 0 bridgehead atoms. The van der Waals surface area contributed by atoms with E-state index in [1.165, 1.54) is 0 Å². The van der Waals surface area contributed by atoms with Crippen LogP contribution >= 0.6 is 0 Å². The number of aromatic amines is 1. The maximum atomic E-state index is 11.6. The van der Waals surface area contributed by atoms with Gasteiger partial charge in [-0.1, -0.05) is 0 Å². The lowest BCUT2D eigenvalue weighted by atomic mass is 10.2. The molecule has 2 aromatic rings.